The Hall–Kier alpha value is -4.73. The van der Waals surface area contributed by atoms with Gasteiger partial charge in [-0.2, -0.15) is 0 Å². The van der Waals surface area contributed by atoms with Crippen molar-refractivity contribution in [1.29, 1.82) is 0 Å². The highest BCUT2D eigenvalue weighted by Crippen LogP contribution is 2.36. The largest absolute Gasteiger partial charge is 0.573 e. The van der Waals surface area contributed by atoms with Crippen molar-refractivity contribution in [3.63, 3.8) is 0 Å². The van der Waals surface area contributed by atoms with Crippen LogP contribution in [-0.2, 0) is 9.47 Å². The third kappa shape index (κ3) is 8.85. The molecule has 2 atom stereocenters. The summed E-state index contributed by atoms with van der Waals surface area (Å²) in [6, 6.07) is 10.1. The molecule has 3 nitrogen and oxygen atoms in total. The van der Waals surface area contributed by atoms with E-state index in [0.717, 1.165) is 37.1 Å². The van der Waals surface area contributed by atoms with Crippen LogP contribution in [0.15, 0.2) is 73.3 Å². The van der Waals surface area contributed by atoms with Crippen LogP contribution in [-0.4, -0.2) is 26.2 Å². The monoisotopic (exact) mass is 690 g/mol. The minimum Gasteiger partial charge on any atom is -0.399 e. The number of halogens is 9. The number of hydrogen-bond donors (Lipinski definition) is 0. The molecule has 49 heavy (non-hydrogen) atoms. The van der Waals surface area contributed by atoms with Crippen LogP contribution in [0.5, 0.6) is 5.75 Å². The van der Waals surface area contributed by atoms with Crippen LogP contribution >= 0.6 is 0 Å². The second-order valence-electron chi connectivity index (χ2n) is 11.2. The van der Waals surface area contributed by atoms with E-state index in [4.69, 9.17) is 9.47 Å². The molecular formula is C37H27F9O3. The van der Waals surface area contributed by atoms with Gasteiger partial charge < -0.3 is 14.2 Å². The molecule has 0 bridgehead atoms. The van der Waals surface area contributed by atoms with Gasteiger partial charge in [-0.15, -0.1) is 19.8 Å². The van der Waals surface area contributed by atoms with Crippen LogP contribution in [0, 0.1) is 52.7 Å². The van der Waals surface area contributed by atoms with Gasteiger partial charge in [-0.05, 0) is 84.3 Å². The van der Waals surface area contributed by atoms with Gasteiger partial charge in [-0.25, -0.2) is 26.3 Å². The van der Waals surface area contributed by atoms with Crippen LogP contribution in [0.25, 0.3) is 22.3 Å². The minimum absolute atomic E-state index is 0.0438. The average Bonchev–Trinajstić information content (AvgIpc) is 3.04. The third-order valence-electron chi connectivity index (χ3n) is 7.82. The lowest BCUT2D eigenvalue weighted by Crippen LogP contribution is -2.22. The molecular weight excluding hydrogens is 663 g/mol. The maximum atomic E-state index is 15.2. The molecule has 12 heteroatoms. The van der Waals surface area contributed by atoms with Crippen molar-refractivity contribution in [3.05, 3.63) is 125 Å². The molecule has 256 valence electrons. The molecule has 0 saturated carbocycles. The molecule has 0 amide bonds. The van der Waals surface area contributed by atoms with Crippen LogP contribution in [0.4, 0.5) is 39.5 Å². The van der Waals surface area contributed by atoms with Gasteiger partial charge in [0.2, 0.25) is 5.75 Å². The van der Waals surface area contributed by atoms with Gasteiger partial charge in [-0.3, -0.25) is 0 Å². The Morgan fingerprint density at radius 3 is 1.92 bits per heavy atom. The van der Waals surface area contributed by atoms with Crippen LogP contribution in [0.3, 0.4) is 0 Å². The predicted molar refractivity (Wildman–Crippen MR) is 163 cm³/mol. The summed E-state index contributed by atoms with van der Waals surface area (Å²) in [5.41, 5.74) is -1.09. The van der Waals surface area contributed by atoms with Crippen molar-refractivity contribution in [3.8, 4) is 39.8 Å². The Kier molecular flexibility index (Phi) is 11.1. The Labute approximate surface area is 275 Å². The normalized spacial score (nSPS) is 16.2. The molecule has 1 heterocycles. The van der Waals surface area contributed by atoms with Gasteiger partial charge in [0, 0.05) is 23.3 Å². The highest BCUT2D eigenvalue weighted by Gasteiger charge is 2.34. The SMILES string of the molecule is C=CCOCCC1CCC(c2ccc(-c3cc(F)c(C#Cc4ccc(-c5cc(F)c(OC(F)(F)F)c(F)c5)c(F)c4)c(F)c3)c(F)c2)OC1. The van der Waals surface area contributed by atoms with E-state index in [2.05, 4.69) is 23.2 Å². The molecule has 0 aliphatic carbocycles. The first-order valence-corrected chi connectivity index (χ1v) is 15.0. The molecule has 5 rings (SSSR count). The van der Waals surface area contributed by atoms with Crippen LogP contribution < -0.4 is 4.74 Å². The Bertz CT molecular complexity index is 1860. The molecule has 1 aliphatic rings. The summed E-state index contributed by atoms with van der Waals surface area (Å²) in [6.07, 6.45) is -1.60. The van der Waals surface area contributed by atoms with Crippen LogP contribution in [0.2, 0.25) is 0 Å². The summed E-state index contributed by atoms with van der Waals surface area (Å²) < 4.78 is 140. The van der Waals surface area contributed by atoms with Crippen molar-refractivity contribution >= 4 is 0 Å². The summed E-state index contributed by atoms with van der Waals surface area (Å²) in [4.78, 5) is 0. The van der Waals surface area contributed by atoms with Crippen molar-refractivity contribution in [2.45, 2.75) is 31.7 Å². The van der Waals surface area contributed by atoms with E-state index in [1.807, 2.05) is 0 Å². The van der Waals surface area contributed by atoms with E-state index in [9.17, 15) is 26.3 Å². The predicted octanol–water partition coefficient (Wildman–Crippen LogP) is 10.2. The zero-order valence-electron chi connectivity index (χ0n) is 25.6. The van der Waals surface area contributed by atoms with E-state index in [0.29, 0.717) is 49.9 Å². The lowest BCUT2D eigenvalue weighted by molar-refractivity contribution is -0.276. The molecule has 1 aliphatic heterocycles. The highest BCUT2D eigenvalue weighted by molar-refractivity contribution is 5.68. The molecule has 0 spiro atoms. The summed E-state index contributed by atoms with van der Waals surface area (Å²) in [5.74, 6) is -4.12. The number of benzene rings is 4. The molecule has 0 aromatic heterocycles. The number of ether oxygens (including phenoxy) is 3. The van der Waals surface area contributed by atoms with E-state index in [1.165, 1.54) is 18.2 Å². The first kappa shape index (κ1) is 35.6. The highest BCUT2D eigenvalue weighted by atomic mass is 19.4. The fraction of sp³-hybridized carbons (Fsp3) is 0.243. The maximum Gasteiger partial charge on any atom is 0.573 e. The molecule has 4 aromatic carbocycles. The number of alkyl halides is 3. The first-order chi connectivity index (χ1) is 23.3. The fourth-order valence-electron chi connectivity index (χ4n) is 5.42. The summed E-state index contributed by atoms with van der Waals surface area (Å²) in [5, 5.41) is 0. The molecule has 0 radical (unpaired) electrons. The van der Waals surface area contributed by atoms with E-state index in [-0.39, 0.29) is 28.4 Å². The van der Waals surface area contributed by atoms with Crippen molar-refractivity contribution < 1.29 is 53.7 Å². The quantitative estimate of drug-likeness (QED) is 0.0758. The smallest absolute Gasteiger partial charge is 0.399 e. The Morgan fingerprint density at radius 2 is 1.37 bits per heavy atom. The van der Waals surface area contributed by atoms with Gasteiger partial charge in [0.15, 0.2) is 11.6 Å². The molecule has 0 N–H and O–H groups in total. The van der Waals surface area contributed by atoms with Crippen molar-refractivity contribution in [2.24, 2.45) is 5.92 Å². The van der Waals surface area contributed by atoms with Gasteiger partial charge in [0.25, 0.3) is 0 Å². The summed E-state index contributed by atoms with van der Waals surface area (Å²) in [7, 11) is 0. The Morgan fingerprint density at radius 1 is 0.755 bits per heavy atom. The second-order valence-corrected chi connectivity index (χ2v) is 11.2. The van der Waals surface area contributed by atoms with Crippen molar-refractivity contribution in [1.82, 2.24) is 0 Å². The first-order valence-electron chi connectivity index (χ1n) is 15.0. The fourth-order valence-corrected chi connectivity index (χ4v) is 5.42. The van der Waals surface area contributed by atoms with Gasteiger partial charge in [-0.1, -0.05) is 36.1 Å². The zero-order valence-corrected chi connectivity index (χ0v) is 25.6. The maximum absolute atomic E-state index is 15.2. The lowest BCUT2D eigenvalue weighted by Gasteiger charge is -2.29. The zero-order chi connectivity index (χ0) is 35.3. The van der Waals surface area contributed by atoms with Gasteiger partial charge in [0.1, 0.15) is 23.3 Å². The van der Waals surface area contributed by atoms with Crippen LogP contribution in [0.1, 0.15) is 42.1 Å². The molecule has 4 aromatic rings. The standard InChI is InChI=1S/C37H27F9O3/c1-2-12-47-13-11-22-5-10-35(48-20-22)23-6-9-27(30(39)15-23)24-16-31(40)28(32(41)17-24)8-4-21-3-7-26(29(38)14-21)25-18-33(42)36(34(43)19-25)49-37(44,45)46/h2-3,6-7,9,14-19,22,35H,1,5,10-13,20H2. The molecule has 1 saturated heterocycles. The second kappa shape index (κ2) is 15.2. The third-order valence-corrected chi connectivity index (χ3v) is 7.82. The number of hydrogen-bond acceptors (Lipinski definition) is 3. The van der Waals surface area contributed by atoms with Gasteiger partial charge >= 0.3 is 6.36 Å². The van der Waals surface area contributed by atoms with E-state index >= 15 is 13.2 Å². The van der Waals surface area contributed by atoms with E-state index < -0.39 is 58.1 Å². The lowest BCUT2D eigenvalue weighted by atomic mass is 9.92. The molecule has 1 fully saturated rings. The minimum atomic E-state index is -5.35. The Balaban J connectivity index is 1.28. The average molecular weight is 691 g/mol. The van der Waals surface area contributed by atoms with Gasteiger partial charge in [0.05, 0.1) is 24.9 Å². The van der Waals surface area contributed by atoms with E-state index in [1.54, 1.807) is 12.1 Å². The molecule has 2 unspecified atom stereocenters. The van der Waals surface area contributed by atoms with Crippen molar-refractivity contribution in [2.75, 3.05) is 19.8 Å². The topological polar surface area (TPSA) is 27.7 Å². The summed E-state index contributed by atoms with van der Waals surface area (Å²) in [6.45, 7) is 5.18. The number of rotatable bonds is 9. The summed E-state index contributed by atoms with van der Waals surface area (Å²) >= 11 is 0.